The van der Waals surface area contributed by atoms with Crippen LogP contribution in [0.25, 0.3) is 22.1 Å². The maximum atomic E-state index is 13.3. The highest BCUT2D eigenvalue weighted by atomic mass is 16.6. The van der Waals surface area contributed by atoms with Crippen LogP contribution in [0.2, 0.25) is 0 Å². The topological polar surface area (TPSA) is 111 Å². The van der Waals surface area contributed by atoms with Gasteiger partial charge < -0.3 is 0 Å². The normalized spacial score (nSPS) is 11.5. The van der Waals surface area contributed by atoms with E-state index in [0.717, 1.165) is 22.2 Å². The number of H-pyrrole nitrogens is 1. The van der Waals surface area contributed by atoms with Crippen LogP contribution in [0, 0.1) is 30.9 Å². The second-order valence-electron chi connectivity index (χ2n) is 8.25. The summed E-state index contributed by atoms with van der Waals surface area (Å²) in [6.07, 6.45) is 1.56. The number of nitro groups is 1. The number of aromatic amines is 1. The Bertz CT molecular complexity index is 1670. The van der Waals surface area contributed by atoms with Crippen molar-refractivity contribution in [2.45, 2.75) is 20.8 Å². The molecule has 9 heteroatoms. The summed E-state index contributed by atoms with van der Waals surface area (Å²) < 4.78 is 3.23. The Morgan fingerprint density at radius 2 is 1.71 bits per heavy atom. The molecule has 35 heavy (non-hydrogen) atoms. The van der Waals surface area contributed by atoms with E-state index in [-0.39, 0.29) is 11.2 Å². The highest BCUT2D eigenvalue weighted by Crippen LogP contribution is 2.27. The fourth-order valence-corrected chi connectivity index (χ4v) is 4.20. The minimum Gasteiger partial charge on any atom is -0.295 e. The van der Waals surface area contributed by atoms with E-state index in [1.165, 1.54) is 12.1 Å². The standard InChI is InChI=1S/C26H22N6O3/c1-16-23(26(33)31(28-16)24-10-6-8-19-7-4-5-9-22(19)24)15-27-25-17(2)29-30(18(25)3)20-11-13-21(14-12-20)32(34)35/h4-15,28H,1-3H3. The van der Waals surface area contributed by atoms with E-state index in [4.69, 9.17) is 0 Å². The molecule has 0 bridgehead atoms. The Morgan fingerprint density at radius 1 is 1.00 bits per heavy atom. The zero-order valence-electron chi connectivity index (χ0n) is 19.4. The van der Waals surface area contributed by atoms with E-state index in [2.05, 4.69) is 15.2 Å². The number of aryl methyl sites for hydroxylation is 2. The average molecular weight is 467 g/mol. The molecule has 174 valence electrons. The summed E-state index contributed by atoms with van der Waals surface area (Å²) in [5.74, 6) is 0. The zero-order valence-corrected chi connectivity index (χ0v) is 19.4. The number of aliphatic imine (C=N–C) groups is 1. The molecule has 9 nitrogen and oxygen atoms in total. The summed E-state index contributed by atoms with van der Waals surface area (Å²) in [6.45, 7) is 5.54. The van der Waals surface area contributed by atoms with Crippen LogP contribution in [0.5, 0.6) is 0 Å². The van der Waals surface area contributed by atoms with Crippen molar-refractivity contribution in [1.29, 1.82) is 0 Å². The van der Waals surface area contributed by atoms with Crippen LogP contribution >= 0.6 is 0 Å². The first-order valence-corrected chi connectivity index (χ1v) is 11.0. The van der Waals surface area contributed by atoms with Crippen molar-refractivity contribution in [3.8, 4) is 11.4 Å². The molecule has 0 amide bonds. The largest absolute Gasteiger partial charge is 0.295 e. The third-order valence-corrected chi connectivity index (χ3v) is 6.01. The van der Waals surface area contributed by atoms with Crippen molar-refractivity contribution in [2.75, 3.05) is 0 Å². The van der Waals surface area contributed by atoms with E-state index >= 15 is 0 Å². The van der Waals surface area contributed by atoms with Crippen LogP contribution in [0.15, 0.2) is 76.5 Å². The maximum Gasteiger partial charge on any atom is 0.280 e. The second kappa shape index (κ2) is 8.53. The van der Waals surface area contributed by atoms with Gasteiger partial charge in [0.15, 0.2) is 0 Å². The van der Waals surface area contributed by atoms with Gasteiger partial charge in [0, 0.05) is 29.4 Å². The Labute approximate surface area is 200 Å². The lowest BCUT2D eigenvalue weighted by atomic mass is 10.1. The van der Waals surface area contributed by atoms with Gasteiger partial charge in [0.2, 0.25) is 0 Å². The van der Waals surface area contributed by atoms with Gasteiger partial charge in [-0.25, -0.2) is 9.36 Å². The van der Waals surface area contributed by atoms with E-state index in [0.29, 0.717) is 28.3 Å². The molecule has 2 aromatic heterocycles. The highest BCUT2D eigenvalue weighted by Gasteiger charge is 2.16. The summed E-state index contributed by atoms with van der Waals surface area (Å²) in [5, 5.41) is 20.7. The number of benzene rings is 3. The molecule has 0 radical (unpaired) electrons. The monoisotopic (exact) mass is 466 g/mol. The summed E-state index contributed by atoms with van der Waals surface area (Å²) >= 11 is 0. The van der Waals surface area contributed by atoms with Gasteiger partial charge in [-0.2, -0.15) is 5.10 Å². The van der Waals surface area contributed by atoms with Crippen LogP contribution in [0.4, 0.5) is 11.4 Å². The molecule has 3 aromatic carbocycles. The van der Waals surface area contributed by atoms with Crippen molar-refractivity contribution < 1.29 is 4.92 Å². The van der Waals surface area contributed by atoms with Gasteiger partial charge in [-0.3, -0.25) is 25.0 Å². The fourth-order valence-electron chi connectivity index (χ4n) is 4.20. The molecule has 0 aliphatic heterocycles. The quantitative estimate of drug-likeness (QED) is 0.221. The van der Waals surface area contributed by atoms with Gasteiger partial charge in [-0.15, -0.1) is 0 Å². The number of fused-ring (bicyclic) bond motifs is 1. The van der Waals surface area contributed by atoms with Crippen molar-refractivity contribution >= 4 is 28.4 Å². The third kappa shape index (κ3) is 3.82. The fraction of sp³-hybridized carbons (Fsp3) is 0.115. The minimum absolute atomic E-state index is 0.0129. The Morgan fingerprint density at radius 3 is 2.46 bits per heavy atom. The van der Waals surface area contributed by atoms with Gasteiger partial charge in [0.1, 0.15) is 5.69 Å². The van der Waals surface area contributed by atoms with Crippen LogP contribution in [-0.4, -0.2) is 30.7 Å². The number of rotatable bonds is 5. The smallest absolute Gasteiger partial charge is 0.280 e. The van der Waals surface area contributed by atoms with E-state index < -0.39 is 4.92 Å². The number of aromatic nitrogens is 4. The SMILES string of the molecule is Cc1nn(-c2ccc([N+](=O)[O-])cc2)c(C)c1N=Cc1c(C)[nH]n(-c2cccc3ccccc23)c1=O. The van der Waals surface area contributed by atoms with E-state index in [1.54, 1.807) is 27.7 Å². The predicted molar refractivity (Wildman–Crippen MR) is 136 cm³/mol. The first kappa shape index (κ1) is 22.0. The average Bonchev–Trinajstić information content (AvgIpc) is 3.31. The summed E-state index contributed by atoms with van der Waals surface area (Å²) in [7, 11) is 0. The molecule has 2 heterocycles. The van der Waals surface area contributed by atoms with Gasteiger partial charge in [0.25, 0.3) is 11.2 Å². The summed E-state index contributed by atoms with van der Waals surface area (Å²) in [4.78, 5) is 28.4. The molecule has 5 rings (SSSR count). The third-order valence-electron chi connectivity index (χ3n) is 6.01. The first-order valence-electron chi connectivity index (χ1n) is 11.0. The lowest BCUT2D eigenvalue weighted by molar-refractivity contribution is -0.384. The van der Waals surface area contributed by atoms with E-state index in [9.17, 15) is 14.9 Å². The maximum absolute atomic E-state index is 13.3. The van der Waals surface area contributed by atoms with Crippen LogP contribution < -0.4 is 5.56 Å². The Hall–Kier alpha value is -4.79. The molecule has 0 saturated heterocycles. The molecular formula is C26H22N6O3. The molecule has 0 saturated carbocycles. The van der Waals surface area contributed by atoms with Crippen LogP contribution in [-0.2, 0) is 0 Å². The van der Waals surface area contributed by atoms with Crippen molar-refractivity contribution in [1.82, 2.24) is 19.6 Å². The molecule has 0 fully saturated rings. The van der Waals surface area contributed by atoms with Gasteiger partial charge in [-0.05, 0) is 44.4 Å². The van der Waals surface area contributed by atoms with E-state index in [1.807, 2.05) is 63.2 Å². The Balaban J connectivity index is 1.52. The number of hydrogen-bond acceptors (Lipinski definition) is 5. The van der Waals surface area contributed by atoms with Gasteiger partial charge in [-0.1, -0.05) is 36.4 Å². The number of hydrogen-bond donors (Lipinski definition) is 1. The minimum atomic E-state index is -0.440. The highest BCUT2D eigenvalue weighted by molar-refractivity contribution is 5.90. The lowest BCUT2D eigenvalue weighted by Crippen LogP contribution is -2.17. The molecule has 0 aliphatic rings. The first-order chi connectivity index (χ1) is 16.8. The molecule has 0 spiro atoms. The zero-order chi connectivity index (χ0) is 24.7. The molecular weight excluding hydrogens is 444 g/mol. The molecule has 0 aliphatic carbocycles. The lowest BCUT2D eigenvalue weighted by Gasteiger charge is -2.06. The van der Waals surface area contributed by atoms with Crippen molar-refractivity contribution in [3.63, 3.8) is 0 Å². The van der Waals surface area contributed by atoms with Gasteiger partial charge >= 0.3 is 0 Å². The van der Waals surface area contributed by atoms with Crippen molar-refractivity contribution in [3.05, 3.63) is 110 Å². The van der Waals surface area contributed by atoms with Gasteiger partial charge in [0.05, 0.1) is 33.2 Å². The summed E-state index contributed by atoms with van der Waals surface area (Å²) in [6, 6.07) is 19.9. The number of non-ortho nitro benzene ring substituents is 1. The number of nitrogens with one attached hydrogen (secondary N) is 1. The molecule has 5 aromatic rings. The molecule has 0 unspecified atom stereocenters. The summed E-state index contributed by atoms with van der Waals surface area (Å²) in [5.41, 5.74) is 4.52. The Kier molecular flexibility index (Phi) is 5.37. The predicted octanol–water partition coefficient (Wildman–Crippen LogP) is 5.09. The van der Waals surface area contributed by atoms with Crippen LogP contribution in [0.3, 0.4) is 0 Å². The number of nitro benzene ring substituents is 1. The number of nitrogens with zero attached hydrogens (tertiary/aromatic N) is 5. The van der Waals surface area contributed by atoms with Crippen molar-refractivity contribution in [2.24, 2.45) is 4.99 Å². The molecule has 0 atom stereocenters. The van der Waals surface area contributed by atoms with Crippen LogP contribution in [0.1, 0.15) is 22.6 Å². The second-order valence-corrected chi connectivity index (χ2v) is 8.25. The molecule has 1 N–H and O–H groups in total.